The maximum Gasteiger partial charge on any atom is 0.255 e. The van der Waals surface area contributed by atoms with Crippen LogP contribution in [0.2, 0.25) is 0 Å². The molecule has 0 fully saturated rings. The zero-order chi connectivity index (χ0) is 15.2. The molecule has 110 valence electrons. The lowest BCUT2D eigenvalue weighted by Crippen LogP contribution is -2.22. The van der Waals surface area contributed by atoms with Gasteiger partial charge in [-0.2, -0.15) is 0 Å². The number of anilines is 1. The number of rotatable bonds is 5. The molecule has 2 aromatic rings. The van der Waals surface area contributed by atoms with Crippen molar-refractivity contribution in [2.24, 2.45) is 0 Å². The summed E-state index contributed by atoms with van der Waals surface area (Å²) in [4.78, 5) is 12.3. The maximum absolute atomic E-state index is 12.3. The van der Waals surface area contributed by atoms with Crippen LogP contribution in [0.5, 0.6) is 0 Å². The van der Waals surface area contributed by atoms with Crippen LogP contribution in [-0.2, 0) is 6.54 Å². The molecular formula is C18H22N2O. The molecule has 0 aliphatic rings. The third kappa shape index (κ3) is 4.43. The number of nitrogens with one attached hydrogen (secondary N) is 2. The van der Waals surface area contributed by atoms with Gasteiger partial charge >= 0.3 is 0 Å². The Bertz CT molecular complexity index is 620. The predicted molar refractivity (Wildman–Crippen MR) is 87.5 cm³/mol. The quantitative estimate of drug-likeness (QED) is 0.877. The molecule has 3 heteroatoms. The fourth-order valence-corrected chi connectivity index (χ4v) is 2.11. The van der Waals surface area contributed by atoms with E-state index in [1.165, 1.54) is 0 Å². The van der Waals surface area contributed by atoms with Gasteiger partial charge in [-0.25, -0.2) is 0 Å². The van der Waals surface area contributed by atoms with E-state index in [-0.39, 0.29) is 5.91 Å². The fourth-order valence-electron chi connectivity index (χ4n) is 2.11. The van der Waals surface area contributed by atoms with Crippen molar-refractivity contribution in [1.29, 1.82) is 0 Å². The summed E-state index contributed by atoms with van der Waals surface area (Å²) >= 11 is 0. The number of aryl methyl sites for hydroxylation is 1. The average molecular weight is 282 g/mol. The molecule has 0 unspecified atom stereocenters. The molecule has 0 saturated heterocycles. The van der Waals surface area contributed by atoms with Gasteiger partial charge in [-0.1, -0.05) is 44.2 Å². The van der Waals surface area contributed by atoms with Crippen LogP contribution < -0.4 is 10.6 Å². The number of carbonyl (C=O) groups excluding carboxylic acids is 1. The van der Waals surface area contributed by atoms with Crippen LogP contribution in [0, 0.1) is 6.92 Å². The van der Waals surface area contributed by atoms with Crippen LogP contribution in [0.4, 0.5) is 5.69 Å². The van der Waals surface area contributed by atoms with E-state index < -0.39 is 0 Å². The highest BCUT2D eigenvalue weighted by Crippen LogP contribution is 2.14. The molecule has 1 amide bonds. The lowest BCUT2D eigenvalue weighted by molar-refractivity contribution is 0.102. The minimum atomic E-state index is -0.0675. The van der Waals surface area contributed by atoms with Crippen molar-refractivity contribution in [2.75, 3.05) is 5.32 Å². The molecule has 2 N–H and O–H groups in total. The summed E-state index contributed by atoms with van der Waals surface area (Å²) in [5.41, 5.74) is 3.67. The summed E-state index contributed by atoms with van der Waals surface area (Å²) in [6, 6.07) is 16.0. The number of hydrogen-bond acceptors (Lipinski definition) is 2. The van der Waals surface area contributed by atoms with Crippen molar-refractivity contribution in [1.82, 2.24) is 5.32 Å². The Labute approximate surface area is 126 Å². The summed E-state index contributed by atoms with van der Waals surface area (Å²) in [5.74, 6) is -0.0675. The Kier molecular flexibility index (Phi) is 5.12. The first kappa shape index (κ1) is 15.3. The molecule has 0 heterocycles. The summed E-state index contributed by atoms with van der Waals surface area (Å²) < 4.78 is 0. The molecular weight excluding hydrogens is 260 g/mol. The molecule has 2 aromatic carbocycles. The predicted octanol–water partition coefficient (Wildman–Crippen LogP) is 3.75. The first-order chi connectivity index (χ1) is 10.1. The normalized spacial score (nSPS) is 10.7. The van der Waals surface area contributed by atoms with E-state index in [1.807, 2.05) is 49.4 Å². The van der Waals surface area contributed by atoms with Crippen molar-refractivity contribution in [3.63, 3.8) is 0 Å². The molecule has 0 spiro atoms. The summed E-state index contributed by atoms with van der Waals surface area (Å²) in [7, 11) is 0. The van der Waals surface area contributed by atoms with Crippen LogP contribution in [0.15, 0.2) is 48.5 Å². The van der Waals surface area contributed by atoms with E-state index in [0.29, 0.717) is 11.6 Å². The SMILES string of the molecule is Cc1ccccc1C(=O)Nc1cccc(CNC(C)C)c1. The Balaban J connectivity index is 2.07. The molecule has 0 aliphatic carbocycles. The second-order valence-corrected chi connectivity index (χ2v) is 5.51. The molecule has 3 nitrogen and oxygen atoms in total. The first-order valence-electron chi connectivity index (χ1n) is 7.25. The summed E-state index contributed by atoms with van der Waals surface area (Å²) in [6.45, 7) is 6.97. The average Bonchev–Trinajstić information content (AvgIpc) is 2.46. The fraction of sp³-hybridized carbons (Fsp3) is 0.278. The Morgan fingerprint density at radius 1 is 1.10 bits per heavy atom. The molecule has 0 aromatic heterocycles. The minimum absolute atomic E-state index is 0.0675. The van der Waals surface area contributed by atoms with Gasteiger partial charge in [0.15, 0.2) is 0 Å². The zero-order valence-electron chi connectivity index (χ0n) is 12.8. The van der Waals surface area contributed by atoms with Gasteiger partial charge in [0.1, 0.15) is 0 Å². The van der Waals surface area contributed by atoms with Gasteiger partial charge in [0.05, 0.1) is 0 Å². The van der Waals surface area contributed by atoms with E-state index in [9.17, 15) is 4.79 Å². The highest BCUT2D eigenvalue weighted by atomic mass is 16.1. The van der Waals surface area contributed by atoms with Gasteiger partial charge in [0.2, 0.25) is 0 Å². The Hall–Kier alpha value is -2.13. The highest BCUT2D eigenvalue weighted by Gasteiger charge is 2.08. The van der Waals surface area contributed by atoms with Crippen molar-refractivity contribution in [2.45, 2.75) is 33.4 Å². The van der Waals surface area contributed by atoms with Crippen LogP contribution >= 0.6 is 0 Å². The van der Waals surface area contributed by atoms with E-state index >= 15 is 0 Å². The van der Waals surface area contributed by atoms with Crippen molar-refractivity contribution < 1.29 is 4.79 Å². The molecule has 21 heavy (non-hydrogen) atoms. The second kappa shape index (κ2) is 7.04. The van der Waals surface area contributed by atoms with Gasteiger partial charge in [-0.15, -0.1) is 0 Å². The van der Waals surface area contributed by atoms with E-state index in [4.69, 9.17) is 0 Å². The Morgan fingerprint density at radius 3 is 2.57 bits per heavy atom. The molecule has 2 rings (SSSR count). The van der Waals surface area contributed by atoms with Crippen molar-refractivity contribution in [3.05, 3.63) is 65.2 Å². The van der Waals surface area contributed by atoms with E-state index in [1.54, 1.807) is 0 Å². The van der Waals surface area contributed by atoms with Crippen LogP contribution in [0.25, 0.3) is 0 Å². The smallest absolute Gasteiger partial charge is 0.255 e. The van der Waals surface area contributed by atoms with Gasteiger partial charge in [0, 0.05) is 23.8 Å². The minimum Gasteiger partial charge on any atom is -0.322 e. The maximum atomic E-state index is 12.3. The lowest BCUT2D eigenvalue weighted by atomic mass is 10.1. The molecule has 0 saturated carbocycles. The number of benzene rings is 2. The second-order valence-electron chi connectivity index (χ2n) is 5.51. The van der Waals surface area contributed by atoms with Crippen LogP contribution in [0.3, 0.4) is 0 Å². The standard InChI is InChI=1S/C18H22N2O/c1-13(2)19-12-15-8-6-9-16(11-15)20-18(21)17-10-5-4-7-14(17)3/h4-11,13,19H,12H2,1-3H3,(H,20,21). The topological polar surface area (TPSA) is 41.1 Å². The van der Waals surface area contributed by atoms with Gasteiger partial charge < -0.3 is 10.6 Å². The van der Waals surface area contributed by atoms with Crippen molar-refractivity contribution in [3.8, 4) is 0 Å². The Morgan fingerprint density at radius 2 is 1.86 bits per heavy atom. The third-order valence-electron chi connectivity index (χ3n) is 3.29. The molecule has 0 bridgehead atoms. The molecule has 0 radical (unpaired) electrons. The largest absolute Gasteiger partial charge is 0.322 e. The number of hydrogen-bond donors (Lipinski definition) is 2. The van der Waals surface area contributed by atoms with Gasteiger partial charge in [-0.3, -0.25) is 4.79 Å². The van der Waals surface area contributed by atoms with Gasteiger partial charge in [0.25, 0.3) is 5.91 Å². The van der Waals surface area contributed by atoms with Crippen molar-refractivity contribution >= 4 is 11.6 Å². The van der Waals surface area contributed by atoms with E-state index in [2.05, 4.69) is 30.5 Å². The summed E-state index contributed by atoms with van der Waals surface area (Å²) in [5, 5.41) is 6.33. The number of carbonyl (C=O) groups is 1. The lowest BCUT2D eigenvalue weighted by Gasteiger charge is -2.11. The van der Waals surface area contributed by atoms with E-state index in [0.717, 1.165) is 23.4 Å². The van der Waals surface area contributed by atoms with Crippen LogP contribution in [0.1, 0.15) is 35.3 Å². The highest BCUT2D eigenvalue weighted by molar-refractivity contribution is 6.05. The first-order valence-corrected chi connectivity index (χ1v) is 7.25. The zero-order valence-corrected chi connectivity index (χ0v) is 12.8. The monoisotopic (exact) mass is 282 g/mol. The van der Waals surface area contributed by atoms with Gasteiger partial charge in [-0.05, 0) is 36.2 Å². The molecule has 0 atom stereocenters. The molecule has 0 aliphatic heterocycles. The number of amides is 1. The van der Waals surface area contributed by atoms with Crippen LogP contribution in [-0.4, -0.2) is 11.9 Å². The third-order valence-corrected chi connectivity index (χ3v) is 3.29. The summed E-state index contributed by atoms with van der Waals surface area (Å²) in [6.07, 6.45) is 0.